The first kappa shape index (κ1) is 27.5. The molecule has 0 unspecified atom stereocenters. The molecular weight excluding hydrogens is 462 g/mol. The SMILES string of the molecule is CC(C)[C@@H](NC(=O)C1(c2ccccc2)CCN(C(=O)[C@H]2CCCN2C(=O)OC(C)(C)C)CC1)C(=O)O. The average Bonchev–Trinajstić information content (AvgIpc) is 3.31. The van der Waals surface area contributed by atoms with Crippen molar-refractivity contribution >= 4 is 23.9 Å². The highest BCUT2D eigenvalue weighted by Gasteiger charge is 2.47. The van der Waals surface area contributed by atoms with Crippen molar-refractivity contribution in [3.8, 4) is 0 Å². The number of hydrogen-bond donors (Lipinski definition) is 2. The van der Waals surface area contributed by atoms with Crippen molar-refractivity contribution in [1.82, 2.24) is 15.1 Å². The molecule has 9 heteroatoms. The third-order valence-corrected chi connectivity index (χ3v) is 7.07. The normalized spacial score (nSPS) is 20.7. The summed E-state index contributed by atoms with van der Waals surface area (Å²) in [7, 11) is 0. The Morgan fingerprint density at radius 3 is 2.19 bits per heavy atom. The third kappa shape index (κ3) is 5.99. The number of likely N-dealkylation sites (tertiary alicyclic amines) is 2. The molecule has 1 aromatic rings. The molecule has 0 radical (unpaired) electrons. The maximum Gasteiger partial charge on any atom is 0.410 e. The molecular formula is C27H39N3O6. The Morgan fingerprint density at radius 1 is 1.06 bits per heavy atom. The van der Waals surface area contributed by atoms with Gasteiger partial charge in [-0.2, -0.15) is 0 Å². The van der Waals surface area contributed by atoms with Crippen molar-refractivity contribution in [2.45, 2.75) is 83.4 Å². The van der Waals surface area contributed by atoms with E-state index < -0.39 is 35.2 Å². The van der Waals surface area contributed by atoms with Gasteiger partial charge < -0.3 is 20.1 Å². The number of carboxylic acid groups (broad SMARTS) is 1. The Labute approximate surface area is 213 Å². The van der Waals surface area contributed by atoms with Gasteiger partial charge in [-0.1, -0.05) is 44.2 Å². The van der Waals surface area contributed by atoms with E-state index in [1.54, 1.807) is 39.5 Å². The predicted octanol–water partition coefficient (Wildman–Crippen LogP) is 3.17. The van der Waals surface area contributed by atoms with Crippen molar-refractivity contribution in [3.63, 3.8) is 0 Å². The molecule has 2 N–H and O–H groups in total. The van der Waals surface area contributed by atoms with Crippen molar-refractivity contribution < 1.29 is 29.0 Å². The van der Waals surface area contributed by atoms with Crippen LogP contribution >= 0.6 is 0 Å². The highest BCUT2D eigenvalue weighted by molar-refractivity contribution is 5.92. The molecule has 0 aliphatic carbocycles. The molecule has 0 saturated carbocycles. The van der Waals surface area contributed by atoms with E-state index in [0.29, 0.717) is 38.9 Å². The number of nitrogens with one attached hydrogen (secondary N) is 1. The number of benzene rings is 1. The predicted molar refractivity (Wildman–Crippen MR) is 134 cm³/mol. The van der Waals surface area contributed by atoms with Gasteiger partial charge in [0.05, 0.1) is 5.41 Å². The molecule has 0 aromatic heterocycles. The van der Waals surface area contributed by atoms with Gasteiger partial charge in [-0.05, 0) is 57.9 Å². The Hall–Kier alpha value is -3.10. The Balaban J connectivity index is 1.77. The molecule has 2 heterocycles. The summed E-state index contributed by atoms with van der Waals surface area (Å²) in [4.78, 5) is 54.7. The lowest BCUT2D eigenvalue weighted by molar-refractivity contribution is -0.145. The summed E-state index contributed by atoms with van der Waals surface area (Å²) in [6, 6.07) is 7.76. The molecule has 2 aliphatic heterocycles. The summed E-state index contributed by atoms with van der Waals surface area (Å²) in [6.07, 6.45) is 1.54. The second-order valence-corrected chi connectivity index (χ2v) is 11.1. The minimum atomic E-state index is -1.07. The van der Waals surface area contributed by atoms with Crippen molar-refractivity contribution in [1.29, 1.82) is 0 Å². The standard InChI is InChI=1S/C27H39N3O6/c1-18(2)21(23(32)33)28-24(34)27(19-10-7-6-8-11-19)13-16-29(17-14-27)22(31)20-12-9-15-30(20)25(35)36-26(3,4)5/h6-8,10-11,18,20-21H,9,12-17H2,1-5H3,(H,28,34)(H,32,33)/t20-,21-/m1/s1. The van der Waals surface area contributed by atoms with Crippen LogP contribution in [0, 0.1) is 5.92 Å². The van der Waals surface area contributed by atoms with E-state index >= 15 is 0 Å². The Bertz CT molecular complexity index is 963. The van der Waals surface area contributed by atoms with Gasteiger partial charge in [0.25, 0.3) is 0 Å². The number of rotatable bonds is 6. The summed E-state index contributed by atoms with van der Waals surface area (Å²) in [6.45, 7) is 10.0. The van der Waals surface area contributed by atoms with Gasteiger partial charge >= 0.3 is 12.1 Å². The van der Waals surface area contributed by atoms with Gasteiger partial charge in [0.15, 0.2) is 0 Å². The fraction of sp³-hybridized carbons (Fsp3) is 0.630. The summed E-state index contributed by atoms with van der Waals surface area (Å²) < 4.78 is 5.50. The van der Waals surface area contributed by atoms with Crippen LogP contribution in [0.15, 0.2) is 30.3 Å². The Morgan fingerprint density at radius 2 is 1.67 bits per heavy atom. The van der Waals surface area contributed by atoms with Crippen LogP contribution in [0.1, 0.15) is 65.9 Å². The number of amides is 3. The lowest BCUT2D eigenvalue weighted by Gasteiger charge is -2.42. The first-order valence-electron chi connectivity index (χ1n) is 12.7. The smallest absolute Gasteiger partial charge is 0.410 e. The van der Waals surface area contributed by atoms with Crippen LogP contribution in [0.5, 0.6) is 0 Å². The van der Waals surface area contributed by atoms with E-state index in [1.165, 1.54) is 4.90 Å². The Kier molecular flexibility index (Phi) is 8.31. The quantitative estimate of drug-likeness (QED) is 0.619. The number of carbonyl (C=O) groups excluding carboxylic acids is 3. The number of aliphatic carboxylic acids is 1. The topological polar surface area (TPSA) is 116 Å². The van der Waals surface area contributed by atoms with E-state index in [2.05, 4.69) is 5.32 Å². The van der Waals surface area contributed by atoms with E-state index in [0.717, 1.165) is 12.0 Å². The van der Waals surface area contributed by atoms with Crippen LogP contribution in [0.4, 0.5) is 4.79 Å². The number of carbonyl (C=O) groups is 4. The molecule has 9 nitrogen and oxygen atoms in total. The van der Waals surface area contributed by atoms with Crippen LogP contribution in [0.25, 0.3) is 0 Å². The third-order valence-electron chi connectivity index (χ3n) is 7.07. The highest BCUT2D eigenvalue weighted by atomic mass is 16.6. The monoisotopic (exact) mass is 501 g/mol. The van der Waals surface area contributed by atoms with Crippen LogP contribution in [-0.2, 0) is 24.5 Å². The zero-order valence-electron chi connectivity index (χ0n) is 22.0. The van der Waals surface area contributed by atoms with Crippen molar-refractivity contribution in [2.75, 3.05) is 19.6 Å². The highest BCUT2D eigenvalue weighted by Crippen LogP contribution is 2.37. The molecule has 2 atom stereocenters. The molecule has 0 spiro atoms. The summed E-state index contributed by atoms with van der Waals surface area (Å²) in [5, 5.41) is 12.4. The van der Waals surface area contributed by atoms with Gasteiger partial charge in [0.2, 0.25) is 11.8 Å². The molecule has 2 saturated heterocycles. The van der Waals surface area contributed by atoms with E-state index in [4.69, 9.17) is 4.74 Å². The van der Waals surface area contributed by atoms with Crippen molar-refractivity contribution in [2.24, 2.45) is 5.92 Å². The largest absolute Gasteiger partial charge is 0.480 e. The molecule has 3 amide bonds. The van der Waals surface area contributed by atoms with Gasteiger partial charge in [-0.25, -0.2) is 9.59 Å². The van der Waals surface area contributed by atoms with Gasteiger partial charge in [0, 0.05) is 19.6 Å². The fourth-order valence-corrected chi connectivity index (χ4v) is 5.08. The molecule has 2 aliphatic rings. The molecule has 1 aromatic carbocycles. The first-order valence-corrected chi connectivity index (χ1v) is 12.7. The second-order valence-electron chi connectivity index (χ2n) is 11.1. The van der Waals surface area contributed by atoms with Gasteiger partial charge in [0.1, 0.15) is 17.7 Å². The average molecular weight is 502 g/mol. The van der Waals surface area contributed by atoms with E-state index in [-0.39, 0.29) is 17.7 Å². The summed E-state index contributed by atoms with van der Waals surface area (Å²) in [5.74, 6) is -1.82. The summed E-state index contributed by atoms with van der Waals surface area (Å²) in [5.41, 5.74) is -0.787. The van der Waals surface area contributed by atoms with Crippen LogP contribution in [0.2, 0.25) is 0 Å². The number of nitrogens with zero attached hydrogens (tertiary/aromatic N) is 2. The lowest BCUT2D eigenvalue weighted by Crippen LogP contribution is -2.58. The van der Waals surface area contributed by atoms with Gasteiger partial charge in [-0.15, -0.1) is 0 Å². The number of carboxylic acids is 1. The first-order chi connectivity index (χ1) is 16.9. The van der Waals surface area contributed by atoms with E-state index in [9.17, 15) is 24.3 Å². The minimum Gasteiger partial charge on any atom is -0.480 e. The maximum atomic E-state index is 13.6. The molecule has 36 heavy (non-hydrogen) atoms. The van der Waals surface area contributed by atoms with Gasteiger partial charge in [-0.3, -0.25) is 14.5 Å². The lowest BCUT2D eigenvalue weighted by atomic mass is 9.71. The van der Waals surface area contributed by atoms with Crippen molar-refractivity contribution in [3.05, 3.63) is 35.9 Å². The fourth-order valence-electron chi connectivity index (χ4n) is 5.08. The van der Waals surface area contributed by atoms with Crippen LogP contribution in [0.3, 0.4) is 0 Å². The number of ether oxygens (including phenoxy) is 1. The van der Waals surface area contributed by atoms with E-state index in [1.807, 2.05) is 30.3 Å². The zero-order valence-corrected chi connectivity index (χ0v) is 22.0. The second kappa shape index (κ2) is 10.9. The maximum absolute atomic E-state index is 13.6. The molecule has 198 valence electrons. The molecule has 2 fully saturated rings. The molecule has 3 rings (SSSR count). The van der Waals surface area contributed by atoms with Crippen LogP contribution in [-0.4, -0.2) is 76.1 Å². The van der Waals surface area contributed by atoms with Crippen LogP contribution < -0.4 is 5.32 Å². The number of piperidine rings is 1. The zero-order chi connectivity index (χ0) is 26.7. The molecule has 0 bridgehead atoms. The number of hydrogen-bond acceptors (Lipinski definition) is 5. The summed E-state index contributed by atoms with van der Waals surface area (Å²) >= 11 is 0. The minimum absolute atomic E-state index is 0.133.